The number of hydrogen-bond acceptors (Lipinski definition) is 3. The van der Waals surface area contributed by atoms with Gasteiger partial charge in [-0.1, -0.05) is 19.8 Å². The van der Waals surface area contributed by atoms with E-state index in [0.717, 1.165) is 6.42 Å². The molecule has 4 heteroatoms. The Hall–Kier alpha value is -0.440. The highest BCUT2D eigenvalue weighted by Crippen LogP contribution is 1.99. The van der Waals surface area contributed by atoms with E-state index in [-0.39, 0.29) is 6.61 Å². The fourth-order valence-electron chi connectivity index (χ4n) is 0.542. The zero-order valence-electron chi connectivity index (χ0n) is 7.80. The topological polar surface area (TPSA) is 35.5 Å². The Kier molecular flexibility index (Phi) is 7.90. The molecular formula is C9H13IO3. The van der Waals surface area contributed by atoms with E-state index in [9.17, 15) is 4.79 Å². The summed E-state index contributed by atoms with van der Waals surface area (Å²) in [5.41, 5.74) is 0. The molecule has 13 heavy (non-hydrogen) atoms. The van der Waals surface area contributed by atoms with Gasteiger partial charge in [0.25, 0.3) is 0 Å². The van der Waals surface area contributed by atoms with Crippen molar-refractivity contribution in [3.8, 4) is 9.85 Å². The largest absolute Gasteiger partial charge is 0.509 e. The average Bonchev–Trinajstić information content (AvgIpc) is 2.04. The summed E-state index contributed by atoms with van der Waals surface area (Å²) in [4.78, 5) is 10.8. The third kappa shape index (κ3) is 9.47. The van der Waals surface area contributed by atoms with E-state index < -0.39 is 6.16 Å². The fourth-order valence-corrected chi connectivity index (χ4v) is 0.698. The smallest absolute Gasteiger partial charge is 0.434 e. The molecular weight excluding hydrogens is 283 g/mol. The van der Waals surface area contributed by atoms with Gasteiger partial charge in [0.05, 0.1) is 6.61 Å². The first-order chi connectivity index (χ1) is 6.16. The van der Waals surface area contributed by atoms with Crippen molar-refractivity contribution >= 4 is 28.7 Å². The molecule has 0 aromatic heterocycles. The van der Waals surface area contributed by atoms with Gasteiger partial charge in [-0.3, -0.25) is 0 Å². The van der Waals surface area contributed by atoms with Crippen molar-refractivity contribution in [3.63, 3.8) is 0 Å². The highest BCUT2D eigenvalue weighted by molar-refractivity contribution is 14.1. The van der Waals surface area contributed by atoms with E-state index in [2.05, 4.69) is 28.4 Å². The van der Waals surface area contributed by atoms with Crippen molar-refractivity contribution in [2.75, 3.05) is 13.2 Å². The van der Waals surface area contributed by atoms with Gasteiger partial charge in [-0.15, -0.1) is 0 Å². The molecule has 3 nitrogen and oxygen atoms in total. The molecule has 0 heterocycles. The van der Waals surface area contributed by atoms with Gasteiger partial charge in [0.15, 0.2) is 6.61 Å². The molecule has 0 bridgehead atoms. The minimum absolute atomic E-state index is 0.101. The van der Waals surface area contributed by atoms with Gasteiger partial charge in [-0.25, -0.2) is 4.79 Å². The van der Waals surface area contributed by atoms with Crippen LogP contribution >= 0.6 is 22.6 Å². The minimum atomic E-state index is -0.639. The zero-order valence-corrected chi connectivity index (χ0v) is 9.96. The Morgan fingerprint density at radius 2 is 2.15 bits per heavy atom. The molecule has 0 unspecified atom stereocenters. The summed E-state index contributed by atoms with van der Waals surface area (Å²) in [6.07, 6.45) is 0.215. The Labute approximate surface area is 92.3 Å². The molecule has 0 aliphatic carbocycles. The van der Waals surface area contributed by atoms with E-state index in [1.807, 2.05) is 22.6 Å². The van der Waals surface area contributed by atoms with Crippen LogP contribution in [-0.4, -0.2) is 19.4 Å². The second kappa shape index (κ2) is 8.17. The molecule has 0 N–H and O–H groups in total. The Bertz CT molecular complexity index is 203. The maximum atomic E-state index is 10.8. The van der Waals surface area contributed by atoms with Crippen LogP contribution in [0.1, 0.15) is 20.3 Å². The summed E-state index contributed by atoms with van der Waals surface area (Å²) in [6, 6.07) is 0. The SMILES string of the molecule is CC(C)CCOC(=O)OCC#CI. The van der Waals surface area contributed by atoms with E-state index in [0.29, 0.717) is 12.5 Å². The van der Waals surface area contributed by atoms with Crippen molar-refractivity contribution in [1.29, 1.82) is 0 Å². The molecule has 0 aliphatic heterocycles. The van der Waals surface area contributed by atoms with Crippen LogP contribution < -0.4 is 0 Å². The number of hydrogen-bond donors (Lipinski definition) is 0. The molecule has 0 aromatic rings. The van der Waals surface area contributed by atoms with E-state index in [1.165, 1.54) is 0 Å². The normalized spacial score (nSPS) is 8.92. The van der Waals surface area contributed by atoms with E-state index in [1.54, 1.807) is 0 Å². The lowest BCUT2D eigenvalue weighted by atomic mass is 10.1. The molecule has 0 amide bonds. The Balaban J connectivity index is 3.34. The van der Waals surface area contributed by atoms with Crippen LogP contribution in [0.25, 0.3) is 0 Å². The van der Waals surface area contributed by atoms with E-state index >= 15 is 0 Å². The van der Waals surface area contributed by atoms with Crippen molar-refractivity contribution in [2.45, 2.75) is 20.3 Å². The molecule has 0 spiro atoms. The fraction of sp³-hybridized carbons (Fsp3) is 0.667. The lowest BCUT2D eigenvalue weighted by Crippen LogP contribution is -2.09. The van der Waals surface area contributed by atoms with Crippen molar-refractivity contribution < 1.29 is 14.3 Å². The Morgan fingerprint density at radius 3 is 2.69 bits per heavy atom. The average molecular weight is 296 g/mol. The maximum Gasteiger partial charge on any atom is 0.509 e. The molecule has 0 radical (unpaired) electrons. The zero-order chi connectivity index (χ0) is 10.1. The van der Waals surface area contributed by atoms with Gasteiger partial charge < -0.3 is 9.47 Å². The van der Waals surface area contributed by atoms with Gasteiger partial charge in [0.2, 0.25) is 0 Å². The van der Waals surface area contributed by atoms with Gasteiger partial charge in [-0.2, -0.15) is 0 Å². The van der Waals surface area contributed by atoms with Crippen LogP contribution in [0, 0.1) is 15.8 Å². The van der Waals surface area contributed by atoms with Gasteiger partial charge >= 0.3 is 6.16 Å². The first kappa shape index (κ1) is 12.6. The lowest BCUT2D eigenvalue weighted by molar-refractivity contribution is 0.0614. The number of rotatable bonds is 4. The standard InChI is InChI=1S/C9H13IO3/c1-8(2)4-7-13-9(11)12-6-3-5-10/h8H,4,6-7H2,1-2H3. The molecule has 0 aromatic carbocycles. The second-order valence-electron chi connectivity index (χ2n) is 2.84. The number of carbonyl (C=O) groups excluding carboxylic acids is 1. The van der Waals surface area contributed by atoms with Crippen LogP contribution in [0.15, 0.2) is 0 Å². The summed E-state index contributed by atoms with van der Waals surface area (Å²) in [6.45, 7) is 4.64. The molecule has 0 aliphatic rings. The molecule has 0 saturated heterocycles. The number of ether oxygens (including phenoxy) is 2. The van der Waals surface area contributed by atoms with Crippen molar-refractivity contribution in [2.24, 2.45) is 5.92 Å². The maximum absolute atomic E-state index is 10.8. The molecule has 0 rings (SSSR count). The van der Waals surface area contributed by atoms with Crippen LogP contribution in [0.2, 0.25) is 0 Å². The quantitative estimate of drug-likeness (QED) is 0.454. The summed E-state index contributed by atoms with van der Waals surface area (Å²) in [7, 11) is 0. The van der Waals surface area contributed by atoms with Gasteiger partial charge in [0, 0.05) is 22.6 Å². The third-order valence-corrected chi connectivity index (χ3v) is 1.63. The molecule has 0 fully saturated rings. The molecule has 0 atom stereocenters. The molecule has 74 valence electrons. The predicted molar refractivity (Wildman–Crippen MR) is 58.6 cm³/mol. The minimum Gasteiger partial charge on any atom is -0.434 e. The predicted octanol–water partition coefficient (Wildman–Crippen LogP) is 2.58. The van der Waals surface area contributed by atoms with Crippen LogP contribution in [0.3, 0.4) is 0 Å². The lowest BCUT2D eigenvalue weighted by Gasteiger charge is -2.05. The third-order valence-electron chi connectivity index (χ3n) is 1.24. The van der Waals surface area contributed by atoms with Gasteiger partial charge in [-0.05, 0) is 16.3 Å². The van der Waals surface area contributed by atoms with Crippen LogP contribution in [0.5, 0.6) is 0 Å². The second-order valence-corrected chi connectivity index (χ2v) is 3.38. The van der Waals surface area contributed by atoms with Crippen LogP contribution in [-0.2, 0) is 9.47 Å². The number of carbonyl (C=O) groups is 1. The van der Waals surface area contributed by atoms with Crippen LogP contribution in [0.4, 0.5) is 4.79 Å². The van der Waals surface area contributed by atoms with E-state index in [4.69, 9.17) is 4.74 Å². The summed E-state index contributed by atoms with van der Waals surface area (Å²) < 4.78 is 12.0. The summed E-state index contributed by atoms with van der Waals surface area (Å²) >= 11 is 1.88. The monoisotopic (exact) mass is 296 g/mol. The van der Waals surface area contributed by atoms with Crippen molar-refractivity contribution in [3.05, 3.63) is 0 Å². The number of halogens is 1. The molecule has 0 saturated carbocycles. The summed E-state index contributed by atoms with van der Waals surface area (Å²) in [5, 5.41) is 0. The van der Waals surface area contributed by atoms with Gasteiger partial charge in [0.1, 0.15) is 0 Å². The van der Waals surface area contributed by atoms with Crippen molar-refractivity contribution in [1.82, 2.24) is 0 Å². The summed E-state index contributed by atoms with van der Waals surface area (Å²) in [5.74, 6) is 3.12. The first-order valence-electron chi connectivity index (χ1n) is 4.05. The highest BCUT2D eigenvalue weighted by atomic mass is 127. The Morgan fingerprint density at radius 1 is 1.46 bits per heavy atom. The first-order valence-corrected chi connectivity index (χ1v) is 5.12. The highest BCUT2D eigenvalue weighted by Gasteiger charge is 2.02.